The smallest absolute Gasteiger partial charge is 0.223 e. The van der Waals surface area contributed by atoms with E-state index in [1.165, 1.54) is 19.3 Å². The highest BCUT2D eigenvalue weighted by Crippen LogP contribution is 2.25. The molecule has 0 aromatic rings. The lowest BCUT2D eigenvalue weighted by Gasteiger charge is -2.39. The number of hydrogen-bond donors (Lipinski definition) is 1. The lowest BCUT2D eigenvalue weighted by molar-refractivity contribution is -0.130. The molecular weight excluding hydrogens is 190 g/mol. The highest BCUT2D eigenvalue weighted by molar-refractivity contribution is 5.76. The molecule has 1 atom stereocenters. The first kappa shape index (κ1) is 12.5. The Balaban J connectivity index is 2.43. The van der Waals surface area contributed by atoms with E-state index in [0.29, 0.717) is 19.0 Å². The fourth-order valence-corrected chi connectivity index (χ4v) is 1.87. The molecule has 1 aliphatic carbocycles. The van der Waals surface area contributed by atoms with Gasteiger partial charge in [-0.15, -0.1) is 0 Å². The van der Waals surface area contributed by atoms with Crippen LogP contribution in [0.3, 0.4) is 0 Å². The summed E-state index contributed by atoms with van der Waals surface area (Å²) in [5, 5.41) is 0. The second-order valence-electron chi connectivity index (χ2n) is 4.63. The van der Waals surface area contributed by atoms with Crippen molar-refractivity contribution in [3.63, 3.8) is 0 Å². The van der Waals surface area contributed by atoms with Crippen LogP contribution in [0.1, 0.15) is 25.7 Å². The van der Waals surface area contributed by atoms with Crippen LogP contribution in [-0.4, -0.2) is 55.5 Å². The monoisotopic (exact) mass is 213 g/mol. The number of carbonyl (C=O) groups excluding carboxylic acids is 1. The maximum absolute atomic E-state index is 11.6. The van der Waals surface area contributed by atoms with E-state index < -0.39 is 0 Å². The van der Waals surface area contributed by atoms with Crippen molar-refractivity contribution in [1.82, 2.24) is 9.80 Å². The summed E-state index contributed by atoms with van der Waals surface area (Å²) in [6.45, 7) is 0.562. The molecule has 1 aliphatic rings. The average molecular weight is 213 g/mol. The van der Waals surface area contributed by atoms with Crippen LogP contribution in [0.4, 0.5) is 0 Å². The molecule has 0 aliphatic heterocycles. The summed E-state index contributed by atoms with van der Waals surface area (Å²) in [6.07, 6.45) is 4.36. The van der Waals surface area contributed by atoms with Gasteiger partial charge in [-0.25, -0.2) is 0 Å². The van der Waals surface area contributed by atoms with Crippen LogP contribution in [0.25, 0.3) is 0 Å². The third-order valence-electron chi connectivity index (χ3n) is 3.41. The SMILES string of the molecule is CN(C)C(=O)CC(CN)N(C)C1CCC1. The Morgan fingerprint density at radius 2 is 2.00 bits per heavy atom. The minimum atomic E-state index is 0.164. The zero-order valence-corrected chi connectivity index (χ0v) is 10.1. The van der Waals surface area contributed by atoms with Crippen LogP contribution in [0, 0.1) is 0 Å². The number of rotatable bonds is 5. The summed E-state index contributed by atoms with van der Waals surface area (Å²) in [7, 11) is 5.67. The zero-order valence-electron chi connectivity index (χ0n) is 10.1. The van der Waals surface area contributed by atoms with Crippen LogP contribution in [-0.2, 0) is 4.79 Å². The van der Waals surface area contributed by atoms with Crippen molar-refractivity contribution in [2.45, 2.75) is 37.8 Å². The Kier molecular flexibility index (Phi) is 4.54. The number of hydrogen-bond acceptors (Lipinski definition) is 3. The first-order valence-corrected chi connectivity index (χ1v) is 5.68. The standard InChI is InChI=1S/C11H23N3O/c1-13(2)11(15)7-10(8-12)14(3)9-5-4-6-9/h9-10H,4-8,12H2,1-3H3. The second-order valence-corrected chi connectivity index (χ2v) is 4.63. The van der Waals surface area contributed by atoms with Crippen molar-refractivity contribution in [1.29, 1.82) is 0 Å². The molecule has 0 saturated heterocycles. The van der Waals surface area contributed by atoms with Gasteiger partial charge in [-0.1, -0.05) is 6.42 Å². The van der Waals surface area contributed by atoms with E-state index in [9.17, 15) is 4.79 Å². The normalized spacial score (nSPS) is 18.7. The van der Waals surface area contributed by atoms with Gasteiger partial charge in [0.1, 0.15) is 0 Å². The van der Waals surface area contributed by atoms with E-state index >= 15 is 0 Å². The minimum absolute atomic E-state index is 0.164. The Hall–Kier alpha value is -0.610. The van der Waals surface area contributed by atoms with Gasteiger partial charge in [0.05, 0.1) is 0 Å². The molecule has 1 rings (SSSR count). The number of nitrogens with two attached hydrogens (primary N) is 1. The molecule has 0 heterocycles. The summed E-state index contributed by atoms with van der Waals surface area (Å²) in [5.41, 5.74) is 5.73. The molecule has 1 unspecified atom stereocenters. The number of likely N-dealkylation sites (N-methyl/N-ethyl adjacent to an activating group) is 1. The Morgan fingerprint density at radius 3 is 2.33 bits per heavy atom. The molecule has 88 valence electrons. The molecule has 0 bridgehead atoms. The van der Waals surface area contributed by atoms with Crippen molar-refractivity contribution >= 4 is 5.91 Å². The highest BCUT2D eigenvalue weighted by Gasteiger charge is 2.28. The van der Waals surface area contributed by atoms with Crippen molar-refractivity contribution in [3.8, 4) is 0 Å². The highest BCUT2D eigenvalue weighted by atomic mass is 16.2. The largest absolute Gasteiger partial charge is 0.349 e. The van der Waals surface area contributed by atoms with Gasteiger partial charge in [-0.05, 0) is 19.9 Å². The fourth-order valence-electron chi connectivity index (χ4n) is 1.87. The van der Waals surface area contributed by atoms with Crippen LogP contribution in [0.15, 0.2) is 0 Å². The maximum Gasteiger partial charge on any atom is 0.223 e. The van der Waals surface area contributed by atoms with Gasteiger partial charge < -0.3 is 10.6 Å². The molecule has 0 aromatic heterocycles. The molecule has 0 radical (unpaired) electrons. The van der Waals surface area contributed by atoms with Crippen molar-refractivity contribution in [3.05, 3.63) is 0 Å². The lowest BCUT2D eigenvalue weighted by atomic mass is 9.90. The van der Waals surface area contributed by atoms with Gasteiger partial charge >= 0.3 is 0 Å². The molecule has 15 heavy (non-hydrogen) atoms. The zero-order chi connectivity index (χ0) is 11.4. The van der Waals surface area contributed by atoms with E-state index in [2.05, 4.69) is 11.9 Å². The Bertz CT molecular complexity index is 214. The summed E-state index contributed by atoms with van der Waals surface area (Å²) in [4.78, 5) is 15.5. The van der Waals surface area contributed by atoms with E-state index in [0.717, 1.165) is 0 Å². The number of amides is 1. The van der Waals surface area contributed by atoms with Crippen LogP contribution in [0.5, 0.6) is 0 Å². The number of carbonyl (C=O) groups is 1. The van der Waals surface area contributed by atoms with E-state index in [1.54, 1.807) is 19.0 Å². The van der Waals surface area contributed by atoms with Crippen molar-refractivity contribution in [2.24, 2.45) is 5.73 Å². The maximum atomic E-state index is 11.6. The van der Waals surface area contributed by atoms with Gasteiger partial charge in [0.25, 0.3) is 0 Å². The predicted octanol–water partition coefficient (Wildman–Crippen LogP) is 0.276. The Labute approximate surface area is 92.4 Å². The molecule has 2 N–H and O–H groups in total. The van der Waals surface area contributed by atoms with Crippen LogP contribution >= 0.6 is 0 Å². The van der Waals surface area contributed by atoms with E-state index in [1.807, 2.05) is 0 Å². The summed E-state index contributed by atoms with van der Waals surface area (Å²) in [5.74, 6) is 0.164. The van der Waals surface area contributed by atoms with Crippen LogP contribution < -0.4 is 5.73 Å². The van der Waals surface area contributed by atoms with Crippen molar-refractivity contribution < 1.29 is 4.79 Å². The van der Waals surface area contributed by atoms with Crippen molar-refractivity contribution in [2.75, 3.05) is 27.7 Å². The molecule has 0 aromatic carbocycles. The van der Waals surface area contributed by atoms with Gasteiger partial charge in [0.2, 0.25) is 5.91 Å². The molecule has 1 amide bonds. The molecule has 4 heteroatoms. The molecule has 4 nitrogen and oxygen atoms in total. The van der Waals surface area contributed by atoms with Gasteiger partial charge in [0.15, 0.2) is 0 Å². The first-order valence-electron chi connectivity index (χ1n) is 5.68. The molecule has 0 spiro atoms. The lowest BCUT2D eigenvalue weighted by Crippen LogP contribution is -2.49. The average Bonchev–Trinajstić information content (AvgIpc) is 2.10. The van der Waals surface area contributed by atoms with Gasteiger partial charge in [-0.2, -0.15) is 0 Å². The summed E-state index contributed by atoms with van der Waals surface area (Å²) >= 11 is 0. The van der Waals surface area contributed by atoms with Crippen LogP contribution in [0.2, 0.25) is 0 Å². The van der Waals surface area contributed by atoms with E-state index in [4.69, 9.17) is 5.73 Å². The molecule has 1 saturated carbocycles. The Morgan fingerprint density at radius 1 is 1.40 bits per heavy atom. The predicted molar refractivity (Wildman–Crippen MR) is 61.6 cm³/mol. The molecule has 1 fully saturated rings. The fraction of sp³-hybridized carbons (Fsp3) is 0.909. The topological polar surface area (TPSA) is 49.6 Å². The minimum Gasteiger partial charge on any atom is -0.349 e. The second kappa shape index (κ2) is 5.47. The van der Waals surface area contributed by atoms with E-state index in [-0.39, 0.29) is 11.9 Å². The molecular formula is C11H23N3O. The first-order chi connectivity index (χ1) is 7.06. The quantitative estimate of drug-likeness (QED) is 0.713. The van der Waals surface area contributed by atoms with Gasteiger partial charge in [0, 0.05) is 39.1 Å². The third kappa shape index (κ3) is 3.18. The summed E-state index contributed by atoms with van der Waals surface area (Å²) < 4.78 is 0. The number of nitrogens with zero attached hydrogens (tertiary/aromatic N) is 2. The van der Waals surface area contributed by atoms with Gasteiger partial charge in [-0.3, -0.25) is 9.69 Å². The third-order valence-corrected chi connectivity index (χ3v) is 3.41. The summed E-state index contributed by atoms with van der Waals surface area (Å²) in [6, 6.07) is 0.846.